The van der Waals surface area contributed by atoms with Crippen molar-refractivity contribution < 1.29 is 9.90 Å². The van der Waals surface area contributed by atoms with Gasteiger partial charge in [-0.2, -0.15) is 0 Å². The molecule has 0 aromatic carbocycles. The SMILES string of the molecule is O=C(O)N1NCCCC12CCCCC2. The zero-order valence-electron chi connectivity index (χ0n) is 8.46. The van der Waals surface area contributed by atoms with Gasteiger partial charge in [-0.3, -0.25) is 0 Å². The number of hydrogen-bond acceptors (Lipinski definition) is 2. The maximum atomic E-state index is 11.1. The first-order chi connectivity index (χ1) is 6.75. The molecule has 0 aromatic heterocycles. The highest BCUT2D eigenvalue weighted by Crippen LogP contribution is 2.38. The Balaban J connectivity index is 2.14. The van der Waals surface area contributed by atoms with Crippen LogP contribution in [0.3, 0.4) is 0 Å². The van der Waals surface area contributed by atoms with Crippen LogP contribution in [0.25, 0.3) is 0 Å². The average Bonchev–Trinajstić information content (AvgIpc) is 2.19. The number of hydrazine groups is 1. The zero-order chi connectivity index (χ0) is 10.0. The van der Waals surface area contributed by atoms with E-state index in [0.29, 0.717) is 0 Å². The van der Waals surface area contributed by atoms with Gasteiger partial charge in [0.1, 0.15) is 0 Å². The molecule has 2 rings (SSSR count). The fourth-order valence-corrected chi connectivity index (χ4v) is 2.84. The third-order valence-electron chi connectivity index (χ3n) is 3.54. The molecule has 1 saturated carbocycles. The van der Waals surface area contributed by atoms with E-state index in [-0.39, 0.29) is 5.54 Å². The summed E-state index contributed by atoms with van der Waals surface area (Å²) in [6.07, 6.45) is 6.99. The van der Waals surface area contributed by atoms with E-state index in [1.807, 2.05) is 0 Å². The molecule has 4 heteroatoms. The third kappa shape index (κ3) is 1.59. The van der Waals surface area contributed by atoms with E-state index in [4.69, 9.17) is 5.11 Å². The minimum Gasteiger partial charge on any atom is -0.464 e. The first-order valence-electron chi connectivity index (χ1n) is 5.51. The molecule has 2 fully saturated rings. The molecular formula is C10H18N2O2. The second-order valence-electron chi connectivity index (χ2n) is 4.41. The summed E-state index contributed by atoms with van der Waals surface area (Å²) in [5.41, 5.74) is 2.93. The molecule has 2 N–H and O–H groups in total. The van der Waals surface area contributed by atoms with Crippen LogP contribution in [0.1, 0.15) is 44.9 Å². The van der Waals surface area contributed by atoms with Crippen LogP contribution in [0.15, 0.2) is 0 Å². The number of nitrogens with one attached hydrogen (secondary N) is 1. The van der Waals surface area contributed by atoms with Crippen molar-refractivity contribution in [2.75, 3.05) is 6.54 Å². The van der Waals surface area contributed by atoms with E-state index >= 15 is 0 Å². The Bertz CT molecular complexity index is 216. The maximum absolute atomic E-state index is 11.1. The molecule has 1 aliphatic carbocycles. The molecule has 0 atom stereocenters. The van der Waals surface area contributed by atoms with E-state index in [1.54, 1.807) is 0 Å². The number of rotatable bonds is 0. The van der Waals surface area contributed by atoms with Gasteiger partial charge in [0.2, 0.25) is 0 Å². The van der Waals surface area contributed by atoms with Crippen LogP contribution in [0.4, 0.5) is 4.79 Å². The van der Waals surface area contributed by atoms with Gasteiger partial charge < -0.3 is 5.11 Å². The summed E-state index contributed by atoms with van der Waals surface area (Å²) in [5.74, 6) is 0. The predicted molar refractivity (Wildman–Crippen MR) is 52.9 cm³/mol. The Morgan fingerprint density at radius 3 is 2.43 bits per heavy atom. The standard InChI is InChI=1S/C10H18N2O2/c13-9(14)12-10(7-4-8-11-12)5-2-1-3-6-10/h11H,1-8H2,(H,13,14). The van der Waals surface area contributed by atoms with Crippen molar-refractivity contribution in [2.45, 2.75) is 50.5 Å². The Labute approximate surface area is 84.2 Å². The van der Waals surface area contributed by atoms with Gasteiger partial charge in [0.15, 0.2) is 0 Å². The summed E-state index contributed by atoms with van der Waals surface area (Å²) in [6, 6.07) is 0. The zero-order valence-corrected chi connectivity index (χ0v) is 8.46. The molecule has 1 spiro atoms. The average molecular weight is 198 g/mol. The largest absolute Gasteiger partial charge is 0.464 e. The highest BCUT2D eigenvalue weighted by atomic mass is 16.4. The summed E-state index contributed by atoms with van der Waals surface area (Å²) >= 11 is 0. The van der Waals surface area contributed by atoms with Crippen molar-refractivity contribution in [3.63, 3.8) is 0 Å². The number of hydrogen-bond donors (Lipinski definition) is 2. The predicted octanol–water partition coefficient (Wildman–Crippen LogP) is 1.97. The lowest BCUT2D eigenvalue weighted by molar-refractivity contribution is -0.0128. The topological polar surface area (TPSA) is 52.6 Å². The normalized spacial score (nSPS) is 26.4. The Morgan fingerprint density at radius 1 is 1.14 bits per heavy atom. The highest BCUT2D eigenvalue weighted by Gasteiger charge is 2.42. The smallest absolute Gasteiger partial charge is 0.422 e. The van der Waals surface area contributed by atoms with Crippen LogP contribution >= 0.6 is 0 Å². The monoisotopic (exact) mass is 198 g/mol. The van der Waals surface area contributed by atoms with E-state index in [0.717, 1.165) is 32.2 Å². The minimum absolute atomic E-state index is 0.0810. The lowest BCUT2D eigenvalue weighted by atomic mass is 9.77. The van der Waals surface area contributed by atoms with Crippen molar-refractivity contribution in [3.05, 3.63) is 0 Å². The molecule has 1 amide bonds. The number of carbonyl (C=O) groups is 1. The van der Waals surface area contributed by atoms with E-state index < -0.39 is 6.09 Å². The van der Waals surface area contributed by atoms with Gasteiger partial charge >= 0.3 is 6.09 Å². The Kier molecular flexibility index (Phi) is 2.63. The number of amides is 1. The molecule has 4 nitrogen and oxygen atoms in total. The lowest BCUT2D eigenvalue weighted by Crippen LogP contribution is -2.61. The second kappa shape index (κ2) is 3.77. The van der Waals surface area contributed by atoms with Gasteiger partial charge in [0.05, 0.1) is 5.54 Å². The lowest BCUT2D eigenvalue weighted by Gasteiger charge is -2.47. The van der Waals surface area contributed by atoms with Gasteiger partial charge in [-0.15, -0.1) is 0 Å². The molecule has 1 aliphatic heterocycles. The fraction of sp³-hybridized carbons (Fsp3) is 0.900. The quantitative estimate of drug-likeness (QED) is 0.625. The maximum Gasteiger partial charge on any atom is 0.422 e. The van der Waals surface area contributed by atoms with Crippen molar-refractivity contribution in [1.29, 1.82) is 0 Å². The molecule has 0 aromatic rings. The molecule has 0 unspecified atom stereocenters. The van der Waals surface area contributed by atoms with Crippen LogP contribution in [-0.4, -0.2) is 28.3 Å². The molecule has 14 heavy (non-hydrogen) atoms. The molecule has 1 heterocycles. The third-order valence-corrected chi connectivity index (χ3v) is 3.54. The van der Waals surface area contributed by atoms with Crippen molar-refractivity contribution >= 4 is 6.09 Å². The van der Waals surface area contributed by atoms with Gasteiger partial charge in [-0.05, 0) is 25.7 Å². The summed E-state index contributed by atoms with van der Waals surface area (Å²) in [7, 11) is 0. The summed E-state index contributed by atoms with van der Waals surface area (Å²) in [5, 5.41) is 10.6. The van der Waals surface area contributed by atoms with Crippen molar-refractivity contribution in [1.82, 2.24) is 10.4 Å². The van der Waals surface area contributed by atoms with Crippen molar-refractivity contribution in [2.24, 2.45) is 0 Å². The van der Waals surface area contributed by atoms with Gasteiger partial charge in [-0.1, -0.05) is 19.3 Å². The molecule has 80 valence electrons. The molecule has 0 radical (unpaired) electrons. The molecule has 2 aliphatic rings. The van der Waals surface area contributed by atoms with Crippen LogP contribution in [0.5, 0.6) is 0 Å². The van der Waals surface area contributed by atoms with Gasteiger partial charge in [0, 0.05) is 6.54 Å². The number of nitrogens with zero attached hydrogens (tertiary/aromatic N) is 1. The van der Waals surface area contributed by atoms with E-state index in [9.17, 15) is 4.79 Å². The van der Waals surface area contributed by atoms with Crippen LogP contribution in [0.2, 0.25) is 0 Å². The van der Waals surface area contributed by atoms with Crippen molar-refractivity contribution in [3.8, 4) is 0 Å². The van der Waals surface area contributed by atoms with Crippen LogP contribution in [0, 0.1) is 0 Å². The van der Waals surface area contributed by atoms with Gasteiger partial charge in [-0.25, -0.2) is 15.2 Å². The minimum atomic E-state index is -0.813. The first-order valence-corrected chi connectivity index (χ1v) is 5.51. The highest BCUT2D eigenvalue weighted by molar-refractivity contribution is 5.65. The second-order valence-corrected chi connectivity index (χ2v) is 4.41. The number of carboxylic acid groups (broad SMARTS) is 1. The van der Waals surface area contributed by atoms with Gasteiger partial charge in [0.25, 0.3) is 0 Å². The first kappa shape index (κ1) is 9.77. The van der Waals surface area contributed by atoms with Crippen LogP contribution < -0.4 is 5.43 Å². The molecular weight excluding hydrogens is 180 g/mol. The molecule has 0 bridgehead atoms. The summed E-state index contributed by atoms with van der Waals surface area (Å²) < 4.78 is 0. The summed E-state index contributed by atoms with van der Waals surface area (Å²) in [6.45, 7) is 0.800. The molecule has 1 saturated heterocycles. The Hall–Kier alpha value is -0.770. The van der Waals surface area contributed by atoms with Crippen LogP contribution in [-0.2, 0) is 0 Å². The fourth-order valence-electron chi connectivity index (χ4n) is 2.84. The van der Waals surface area contributed by atoms with E-state index in [1.165, 1.54) is 24.3 Å². The van der Waals surface area contributed by atoms with E-state index in [2.05, 4.69) is 5.43 Å². The summed E-state index contributed by atoms with van der Waals surface area (Å²) in [4.78, 5) is 11.1. The Morgan fingerprint density at radius 2 is 1.79 bits per heavy atom.